The van der Waals surface area contributed by atoms with Crippen LogP contribution in [-0.4, -0.2) is 60.1 Å². The highest BCUT2D eigenvalue weighted by Crippen LogP contribution is 2.27. The number of ether oxygens (including phenoxy) is 1. The Morgan fingerprint density at radius 1 is 1.03 bits per heavy atom. The van der Waals surface area contributed by atoms with Gasteiger partial charge >= 0.3 is 0 Å². The van der Waals surface area contributed by atoms with Crippen LogP contribution in [0.25, 0.3) is 22.2 Å². The molecule has 2 aromatic carbocycles. The summed E-state index contributed by atoms with van der Waals surface area (Å²) >= 11 is 0. The summed E-state index contributed by atoms with van der Waals surface area (Å²) in [4.78, 5) is 21.9. The van der Waals surface area contributed by atoms with Gasteiger partial charge in [-0.2, -0.15) is 0 Å². The first-order chi connectivity index (χ1) is 15.2. The van der Waals surface area contributed by atoms with Gasteiger partial charge in [-0.25, -0.2) is 4.98 Å². The first-order valence-corrected chi connectivity index (χ1v) is 11.2. The second kappa shape index (κ2) is 8.81. The lowest BCUT2D eigenvalue weighted by Gasteiger charge is -2.35. The van der Waals surface area contributed by atoms with Crippen molar-refractivity contribution in [3.05, 3.63) is 53.9 Å². The average molecular weight is 420 g/mol. The SMILES string of the molecule is Cc1oc(-c2ccc3ccccc3c2)nc1CN1CCC(C(=O)N2CCOCC2)CC1. The molecule has 0 bridgehead atoms. The molecule has 3 heterocycles. The highest BCUT2D eigenvalue weighted by Gasteiger charge is 2.30. The van der Waals surface area contributed by atoms with Gasteiger partial charge in [-0.15, -0.1) is 0 Å². The number of oxazole rings is 1. The van der Waals surface area contributed by atoms with E-state index < -0.39 is 0 Å². The van der Waals surface area contributed by atoms with E-state index >= 15 is 0 Å². The van der Waals surface area contributed by atoms with Crippen LogP contribution in [0.2, 0.25) is 0 Å². The van der Waals surface area contributed by atoms with Crippen LogP contribution in [-0.2, 0) is 16.1 Å². The fraction of sp³-hybridized carbons (Fsp3) is 0.440. The Hall–Kier alpha value is -2.70. The van der Waals surface area contributed by atoms with Crippen molar-refractivity contribution in [1.29, 1.82) is 0 Å². The molecule has 3 aromatic rings. The fourth-order valence-corrected chi connectivity index (χ4v) is 4.61. The number of hydrogen-bond acceptors (Lipinski definition) is 5. The van der Waals surface area contributed by atoms with Crippen LogP contribution >= 0.6 is 0 Å². The summed E-state index contributed by atoms with van der Waals surface area (Å²) in [5.74, 6) is 1.99. The van der Waals surface area contributed by atoms with Gasteiger partial charge in [0, 0.05) is 31.1 Å². The molecule has 5 rings (SSSR count). The molecule has 2 fully saturated rings. The lowest BCUT2D eigenvalue weighted by Crippen LogP contribution is -2.46. The lowest BCUT2D eigenvalue weighted by molar-refractivity contribution is -0.141. The molecular formula is C25H29N3O3. The molecule has 0 N–H and O–H groups in total. The molecule has 2 aliphatic heterocycles. The second-order valence-electron chi connectivity index (χ2n) is 8.57. The Morgan fingerprint density at radius 2 is 1.77 bits per heavy atom. The molecule has 6 nitrogen and oxygen atoms in total. The van der Waals surface area contributed by atoms with Gasteiger partial charge in [0.2, 0.25) is 11.8 Å². The van der Waals surface area contributed by atoms with E-state index in [-0.39, 0.29) is 5.92 Å². The van der Waals surface area contributed by atoms with Crippen molar-refractivity contribution in [1.82, 2.24) is 14.8 Å². The van der Waals surface area contributed by atoms with Crippen LogP contribution in [0.15, 0.2) is 46.9 Å². The van der Waals surface area contributed by atoms with Gasteiger partial charge in [-0.05, 0) is 55.8 Å². The van der Waals surface area contributed by atoms with Gasteiger partial charge in [0.15, 0.2) is 0 Å². The van der Waals surface area contributed by atoms with Gasteiger partial charge in [0.1, 0.15) is 5.76 Å². The van der Waals surface area contributed by atoms with Gasteiger partial charge in [0.25, 0.3) is 0 Å². The molecular weight excluding hydrogens is 390 g/mol. The van der Waals surface area contributed by atoms with Crippen molar-refractivity contribution in [3.8, 4) is 11.5 Å². The number of amides is 1. The van der Waals surface area contributed by atoms with E-state index in [1.807, 2.05) is 24.0 Å². The Balaban J connectivity index is 1.22. The molecule has 2 aliphatic rings. The maximum atomic E-state index is 12.8. The molecule has 0 aliphatic carbocycles. The zero-order valence-corrected chi connectivity index (χ0v) is 18.0. The predicted octanol–water partition coefficient (Wildman–Crippen LogP) is 3.87. The molecule has 0 atom stereocenters. The van der Waals surface area contributed by atoms with Crippen molar-refractivity contribution in [2.24, 2.45) is 5.92 Å². The summed E-state index contributed by atoms with van der Waals surface area (Å²) in [6, 6.07) is 14.6. The molecule has 1 amide bonds. The Labute approximate surface area is 182 Å². The summed E-state index contributed by atoms with van der Waals surface area (Å²) < 4.78 is 11.4. The third kappa shape index (κ3) is 4.36. The van der Waals surface area contributed by atoms with E-state index in [9.17, 15) is 4.79 Å². The molecule has 162 valence electrons. The molecule has 0 radical (unpaired) electrons. The van der Waals surface area contributed by atoms with Crippen molar-refractivity contribution in [3.63, 3.8) is 0 Å². The number of hydrogen-bond donors (Lipinski definition) is 0. The van der Waals surface area contributed by atoms with E-state index in [1.54, 1.807) is 0 Å². The lowest BCUT2D eigenvalue weighted by atomic mass is 9.95. The number of aryl methyl sites for hydroxylation is 1. The third-order valence-electron chi connectivity index (χ3n) is 6.52. The van der Waals surface area contributed by atoms with Gasteiger partial charge in [0.05, 0.1) is 18.9 Å². The molecule has 6 heteroatoms. The van der Waals surface area contributed by atoms with Crippen LogP contribution in [0.3, 0.4) is 0 Å². The van der Waals surface area contributed by atoms with E-state index in [4.69, 9.17) is 14.1 Å². The van der Waals surface area contributed by atoms with Gasteiger partial charge in [-0.1, -0.05) is 30.3 Å². The number of nitrogens with zero attached hydrogens (tertiary/aromatic N) is 3. The first-order valence-electron chi connectivity index (χ1n) is 11.2. The van der Waals surface area contributed by atoms with Crippen molar-refractivity contribution >= 4 is 16.7 Å². The average Bonchev–Trinajstić information content (AvgIpc) is 3.19. The van der Waals surface area contributed by atoms with Crippen molar-refractivity contribution in [2.45, 2.75) is 26.3 Å². The number of benzene rings is 2. The summed E-state index contributed by atoms with van der Waals surface area (Å²) in [6.07, 6.45) is 1.81. The Bertz CT molecular complexity index is 1060. The standard InChI is InChI=1S/C25H29N3O3/c1-18-23(26-24(31-18)22-7-6-19-4-2-3-5-21(19)16-22)17-27-10-8-20(9-11-27)25(29)28-12-14-30-15-13-28/h2-7,16,20H,8-15,17H2,1H3. The normalized spacial score (nSPS) is 18.5. The minimum Gasteiger partial charge on any atom is -0.441 e. The minimum absolute atomic E-state index is 0.140. The predicted molar refractivity (Wildman–Crippen MR) is 120 cm³/mol. The van der Waals surface area contributed by atoms with Crippen molar-refractivity contribution in [2.75, 3.05) is 39.4 Å². The van der Waals surface area contributed by atoms with E-state index in [2.05, 4.69) is 35.2 Å². The van der Waals surface area contributed by atoms with Crippen LogP contribution in [0, 0.1) is 12.8 Å². The number of piperidine rings is 1. The number of carbonyl (C=O) groups is 1. The molecule has 0 saturated carbocycles. The summed E-state index contributed by atoms with van der Waals surface area (Å²) in [5, 5.41) is 2.40. The maximum Gasteiger partial charge on any atom is 0.226 e. The highest BCUT2D eigenvalue weighted by atomic mass is 16.5. The largest absolute Gasteiger partial charge is 0.441 e. The molecule has 1 aromatic heterocycles. The third-order valence-corrected chi connectivity index (χ3v) is 6.52. The van der Waals surface area contributed by atoms with Crippen LogP contribution in [0.5, 0.6) is 0 Å². The van der Waals surface area contributed by atoms with E-state index in [0.29, 0.717) is 25.0 Å². The zero-order chi connectivity index (χ0) is 21.2. The smallest absolute Gasteiger partial charge is 0.226 e. The summed E-state index contributed by atoms with van der Waals surface area (Å²) in [7, 11) is 0. The van der Waals surface area contributed by atoms with Crippen LogP contribution < -0.4 is 0 Å². The number of rotatable bonds is 4. The zero-order valence-electron chi connectivity index (χ0n) is 18.0. The number of aromatic nitrogens is 1. The number of likely N-dealkylation sites (tertiary alicyclic amines) is 1. The second-order valence-corrected chi connectivity index (χ2v) is 8.57. The molecule has 0 spiro atoms. The highest BCUT2D eigenvalue weighted by molar-refractivity contribution is 5.86. The van der Waals surface area contributed by atoms with E-state index in [1.165, 1.54) is 10.8 Å². The maximum absolute atomic E-state index is 12.8. The number of morpholine rings is 1. The van der Waals surface area contributed by atoms with Gasteiger partial charge in [-0.3, -0.25) is 9.69 Å². The monoisotopic (exact) mass is 419 g/mol. The minimum atomic E-state index is 0.140. The summed E-state index contributed by atoms with van der Waals surface area (Å²) in [5.41, 5.74) is 1.99. The van der Waals surface area contributed by atoms with E-state index in [0.717, 1.165) is 62.6 Å². The molecule has 31 heavy (non-hydrogen) atoms. The number of fused-ring (bicyclic) bond motifs is 1. The quantitative estimate of drug-likeness (QED) is 0.642. The van der Waals surface area contributed by atoms with Crippen molar-refractivity contribution < 1.29 is 13.9 Å². The van der Waals surface area contributed by atoms with Crippen LogP contribution in [0.1, 0.15) is 24.3 Å². The molecule has 0 unspecified atom stereocenters. The van der Waals surface area contributed by atoms with Gasteiger partial charge < -0.3 is 14.1 Å². The fourth-order valence-electron chi connectivity index (χ4n) is 4.61. The van der Waals surface area contributed by atoms with Crippen LogP contribution in [0.4, 0.5) is 0 Å². The number of carbonyl (C=O) groups excluding carboxylic acids is 1. The Kier molecular flexibility index (Phi) is 5.74. The first kappa shape index (κ1) is 20.2. The summed E-state index contributed by atoms with van der Waals surface area (Å²) in [6.45, 7) is 7.37. The Morgan fingerprint density at radius 3 is 2.55 bits per heavy atom. The molecule has 2 saturated heterocycles. The topological polar surface area (TPSA) is 58.8 Å².